The highest BCUT2D eigenvalue weighted by Crippen LogP contribution is 2.02. The fourth-order valence-electron chi connectivity index (χ4n) is 1.50. The molecule has 6 heteroatoms. The van der Waals surface area contributed by atoms with Crippen molar-refractivity contribution in [3.63, 3.8) is 0 Å². The third-order valence-corrected chi connectivity index (χ3v) is 4.40. The van der Waals surface area contributed by atoms with Crippen LogP contribution in [0.25, 0.3) is 0 Å². The summed E-state index contributed by atoms with van der Waals surface area (Å²) in [6.07, 6.45) is 2.22. The van der Waals surface area contributed by atoms with Crippen molar-refractivity contribution in [2.24, 2.45) is 10.9 Å². The topological polar surface area (TPSA) is 70.6 Å². The Balaban J connectivity index is 4.07. The first-order valence-electron chi connectivity index (χ1n) is 7.13. The molecule has 5 nitrogen and oxygen atoms in total. The molecular weight excluding hydrogens is 262 g/mol. The monoisotopic (exact) mass is 291 g/mol. The van der Waals surface area contributed by atoms with E-state index >= 15 is 0 Å². The molecule has 0 aromatic heterocycles. The lowest BCUT2D eigenvalue weighted by molar-refractivity contribution is 0.560. The molecule has 0 aliphatic rings. The van der Waals surface area contributed by atoms with Crippen molar-refractivity contribution in [2.45, 2.75) is 40.5 Å². The van der Waals surface area contributed by atoms with Crippen LogP contribution in [0, 0.1) is 5.92 Å². The predicted molar refractivity (Wildman–Crippen MR) is 82.4 cm³/mol. The van der Waals surface area contributed by atoms with Gasteiger partial charge in [-0.05, 0) is 25.7 Å². The number of nitrogens with one attached hydrogen (secondary N) is 2. The maximum absolute atomic E-state index is 11.4. The van der Waals surface area contributed by atoms with E-state index in [1.807, 2.05) is 6.92 Å². The van der Waals surface area contributed by atoms with Crippen LogP contribution < -0.4 is 10.6 Å². The lowest BCUT2D eigenvalue weighted by Gasteiger charge is -2.11. The molecule has 0 aromatic rings. The van der Waals surface area contributed by atoms with Crippen molar-refractivity contribution >= 4 is 15.8 Å². The van der Waals surface area contributed by atoms with E-state index in [-0.39, 0.29) is 11.5 Å². The Morgan fingerprint density at radius 1 is 1.21 bits per heavy atom. The summed E-state index contributed by atoms with van der Waals surface area (Å²) in [7, 11) is -2.91. The van der Waals surface area contributed by atoms with Crippen LogP contribution >= 0.6 is 0 Å². The molecule has 0 radical (unpaired) electrons. The zero-order chi connectivity index (χ0) is 14.7. The fraction of sp³-hybridized carbons (Fsp3) is 0.923. The molecule has 0 spiro atoms. The number of hydrogen-bond donors (Lipinski definition) is 2. The molecule has 0 bridgehead atoms. The molecule has 0 aliphatic heterocycles. The van der Waals surface area contributed by atoms with E-state index in [1.165, 1.54) is 0 Å². The van der Waals surface area contributed by atoms with Crippen molar-refractivity contribution < 1.29 is 8.42 Å². The van der Waals surface area contributed by atoms with Gasteiger partial charge in [0.15, 0.2) is 15.8 Å². The summed E-state index contributed by atoms with van der Waals surface area (Å²) in [6, 6.07) is 0. The summed E-state index contributed by atoms with van der Waals surface area (Å²) in [5.41, 5.74) is 0. The Morgan fingerprint density at radius 2 is 1.89 bits per heavy atom. The molecule has 0 aromatic carbocycles. The SMILES string of the molecule is CCNC(=NCCCC(C)C)NCCS(=O)(=O)CC. The predicted octanol–water partition coefficient (Wildman–Crippen LogP) is 1.41. The number of aliphatic imine (C=N–C) groups is 1. The number of rotatable bonds is 9. The minimum Gasteiger partial charge on any atom is -0.357 e. The van der Waals surface area contributed by atoms with Crippen LogP contribution in [0.5, 0.6) is 0 Å². The van der Waals surface area contributed by atoms with Gasteiger partial charge in [-0.3, -0.25) is 4.99 Å². The molecule has 0 rings (SSSR count). The van der Waals surface area contributed by atoms with E-state index in [4.69, 9.17) is 0 Å². The van der Waals surface area contributed by atoms with Crippen molar-refractivity contribution in [3.05, 3.63) is 0 Å². The Hall–Kier alpha value is -0.780. The number of nitrogens with zero attached hydrogens (tertiary/aromatic N) is 1. The van der Waals surface area contributed by atoms with Gasteiger partial charge in [-0.1, -0.05) is 20.8 Å². The smallest absolute Gasteiger partial charge is 0.191 e. The van der Waals surface area contributed by atoms with Gasteiger partial charge in [0.1, 0.15) is 0 Å². The van der Waals surface area contributed by atoms with Crippen LogP contribution in [0.4, 0.5) is 0 Å². The summed E-state index contributed by atoms with van der Waals surface area (Å²) in [4.78, 5) is 4.43. The summed E-state index contributed by atoms with van der Waals surface area (Å²) < 4.78 is 22.7. The molecule has 0 saturated heterocycles. The molecule has 19 heavy (non-hydrogen) atoms. The first-order valence-corrected chi connectivity index (χ1v) is 8.96. The summed E-state index contributed by atoms with van der Waals surface area (Å²) in [6.45, 7) is 10.0. The highest BCUT2D eigenvalue weighted by Gasteiger charge is 2.07. The van der Waals surface area contributed by atoms with Gasteiger partial charge in [-0.15, -0.1) is 0 Å². The fourth-order valence-corrected chi connectivity index (χ4v) is 2.20. The van der Waals surface area contributed by atoms with Gasteiger partial charge in [-0.25, -0.2) is 8.42 Å². The normalized spacial score (nSPS) is 12.8. The second-order valence-corrected chi connectivity index (χ2v) is 7.43. The molecule has 114 valence electrons. The molecule has 0 aliphatic carbocycles. The molecule has 0 saturated carbocycles. The highest BCUT2D eigenvalue weighted by atomic mass is 32.2. The third kappa shape index (κ3) is 10.8. The van der Waals surface area contributed by atoms with Gasteiger partial charge in [0, 0.05) is 25.4 Å². The second-order valence-electron chi connectivity index (χ2n) is 4.96. The zero-order valence-corrected chi connectivity index (χ0v) is 13.5. The van der Waals surface area contributed by atoms with E-state index in [0.29, 0.717) is 18.4 Å². The molecule has 0 unspecified atom stereocenters. The van der Waals surface area contributed by atoms with Crippen molar-refractivity contribution in [1.29, 1.82) is 0 Å². The minimum atomic E-state index is -2.91. The van der Waals surface area contributed by atoms with Crippen LogP contribution in [0.2, 0.25) is 0 Å². The van der Waals surface area contributed by atoms with Gasteiger partial charge < -0.3 is 10.6 Å². The average Bonchev–Trinajstić information content (AvgIpc) is 2.34. The Kier molecular flexibility index (Phi) is 9.65. The van der Waals surface area contributed by atoms with Crippen molar-refractivity contribution in [1.82, 2.24) is 10.6 Å². The Bertz CT molecular complexity index is 351. The summed E-state index contributed by atoms with van der Waals surface area (Å²) in [5, 5.41) is 6.18. The standard InChI is InChI=1S/C13H29N3O2S/c1-5-14-13(15-9-7-8-12(3)4)16-10-11-19(17,18)6-2/h12H,5-11H2,1-4H3,(H2,14,15,16). The number of sulfone groups is 1. The molecule has 0 atom stereocenters. The average molecular weight is 291 g/mol. The third-order valence-electron chi connectivity index (χ3n) is 2.70. The molecule has 2 N–H and O–H groups in total. The quantitative estimate of drug-likeness (QED) is 0.383. The first-order chi connectivity index (χ1) is 8.91. The van der Waals surface area contributed by atoms with Crippen molar-refractivity contribution in [2.75, 3.05) is 31.1 Å². The maximum Gasteiger partial charge on any atom is 0.191 e. The maximum atomic E-state index is 11.4. The summed E-state index contributed by atoms with van der Waals surface area (Å²) >= 11 is 0. The van der Waals surface area contributed by atoms with Crippen molar-refractivity contribution in [3.8, 4) is 0 Å². The van der Waals surface area contributed by atoms with Crippen LogP contribution in [0.1, 0.15) is 40.5 Å². The van der Waals surface area contributed by atoms with Crippen LogP contribution in [-0.2, 0) is 9.84 Å². The lowest BCUT2D eigenvalue weighted by atomic mass is 10.1. The van der Waals surface area contributed by atoms with Crippen LogP contribution in [0.15, 0.2) is 4.99 Å². The van der Waals surface area contributed by atoms with Gasteiger partial charge >= 0.3 is 0 Å². The van der Waals surface area contributed by atoms with E-state index in [1.54, 1.807) is 6.92 Å². The highest BCUT2D eigenvalue weighted by molar-refractivity contribution is 7.91. The van der Waals surface area contributed by atoms with E-state index in [9.17, 15) is 8.42 Å². The number of hydrogen-bond acceptors (Lipinski definition) is 3. The van der Waals surface area contributed by atoms with Crippen LogP contribution in [-0.4, -0.2) is 45.5 Å². The zero-order valence-electron chi connectivity index (χ0n) is 12.7. The van der Waals surface area contributed by atoms with E-state index in [2.05, 4.69) is 29.5 Å². The molecule has 0 heterocycles. The van der Waals surface area contributed by atoms with E-state index in [0.717, 1.165) is 25.9 Å². The first kappa shape index (κ1) is 18.2. The number of guanidine groups is 1. The second kappa shape index (κ2) is 10.1. The molecule has 0 amide bonds. The van der Waals surface area contributed by atoms with Crippen LogP contribution in [0.3, 0.4) is 0 Å². The van der Waals surface area contributed by atoms with Gasteiger partial charge in [0.05, 0.1) is 5.75 Å². The summed E-state index contributed by atoms with van der Waals surface area (Å²) in [5.74, 6) is 1.74. The Labute approximate surface area is 118 Å². The lowest BCUT2D eigenvalue weighted by Crippen LogP contribution is -2.39. The Morgan fingerprint density at radius 3 is 2.42 bits per heavy atom. The largest absolute Gasteiger partial charge is 0.357 e. The minimum absolute atomic E-state index is 0.153. The molecule has 0 fully saturated rings. The van der Waals surface area contributed by atoms with Gasteiger partial charge in [-0.2, -0.15) is 0 Å². The van der Waals surface area contributed by atoms with Gasteiger partial charge in [0.2, 0.25) is 0 Å². The van der Waals surface area contributed by atoms with Gasteiger partial charge in [0.25, 0.3) is 0 Å². The molecular formula is C13H29N3O2S. The van der Waals surface area contributed by atoms with E-state index < -0.39 is 9.84 Å².